The molecule has 1 saturated heterocycles. The van der Waals surface area contributed by atoms with Crippen LogP contribution in [0.15, 0.2) is 23.1 Å². The van der Waals surface area contributed by atoms with E-state index in [9.17, 15) is 13.2 Å². The average Bonchev–Trinajstić information content (AvgIpc) is 2.77. The monoisotopic (exact) mass is 469 g/mol. The van der Waals surface area contributed by atoms with Crippen LogP contribution in [0.1, 0.15) is 56.8 Å². The molecule has 1 aliphatic rings. The fraction of sp³-hybridized carbons (Fsp3) is 0.696. The van der Waals surface area contributed by atoms with Crippen molar-refractivity contribution in [2.45, 2.75) is 57.4 Å². The quantitative estimate of drug-likeness (QED) is 0.447. The van der Waals surface area contributed by atoms with Gasteiger partial charge in [-0.3, -0.25) is 9.69 Å². The van der Waals surface area contributed by atoms with Gasteiger partial charge >= 0.3 is 0 Å². The second kappa shape index (κ2) is 13.1. The Bertz CT molecular complexity index is 823. The number of sulfonamides is 1. The van der Waals surface area contributed by atoms with Crippen LogP contribution in [0.2, 0.25) is 0 Å². The highest BCUT2D eigenvalue weighted by Crippen LogP contribution is 2.26. The van der Waals surface area contributed by atoms with Gasteiger partial charge < -0.3 is 14.4 Å². The number of morpholine rings is 1. The van der Waals surface area contributed by atoms with Crippen LogP contribution in [-0.4, -0.2) is 83.2 Å². The summed E-state index contributed by atoms with van der Waals surface area (Å²) < 4.78 is 38.9. The standard InChI is InChI=1S/C23H39N3O5S/c1-5-6-7-8-11-26(13-12-25-14-16-31-17-15-25)23(27)20-9-10-21(30-4)22(18-20)32(28,29)24-19(2)3/h9-10,18-19,24H,5-8,11-17H2,1-4H3. The Kier molecular flexibility index (Phi) is 10.9. The van der Waals surface area contributed by atoms with Gasteiger partial charge in [-0.05, 0) is 38.5 Å². The molecule has 182 valence electrons. The van der Waals surface area contributed by atoms with Crippen LogP contribution >= 0.6 is 0 Å². The molecule has 1 aliphatic heterocycles. The molecule has 8 nitrogen and oxygen atoms in total. The van der Waals surface area contributed by atoms with Crippen LogP contribution < -0.4 is 9.46 Å². The number of unbranched alkanes of at least 4 members (excludes halogenated alkanes) is 3. The highest BCUT2D eigenvalue weighted by molar-refractivity contribution is 7.89. The molecular weight excluding hydrogens is 430 g/mol. The highest BCUT2D eigenvalue weighted by atomic mass is 32.2. The van der Waals surface area contributed by atoms with Crippen molar-refractivity contribution in [1.82, 2.24) is 14.5 Å². The molecule has 0 saturated carbocycles. The Hall–Kier alpha value is -1.68. The van der Waals surface area contributed by atoms with Gasteiger partial charge in [-0.2, -0.15) is 0 Å². The summed E-state index contributed by atoms with van der Waals surface area (Å²) in [5.74, 6) is 0.0657. The van der Waals surface area contributed by atoms with Crippen molar-refractivity contribution < 1.29 is 22.7 Å². The zero-order valence-corrected chi connectivity index (χ0v) is 20.7. The summed E-state index contributed by atoms with van der Waals surface area (Å²) in [4.78, 5) is 17.5. The van der Waals surface area contributed by atoms with Gasteiger partial charge in [0.1, 0.15) is 10.6 Å². The summed E-state index contributed by atoms with van der Waals surface area (Å²) in [5, 5.41) is 0. The van der Waals surface area contributed by atoms with E-state index in [0.29, 0.717) is 31.9 Å². The zero-order valence-electron chi connectivity index (χ0n) is 19.9. The number of hydrogen-bond donors (Lipinski definition) is 1. The first-order valence-corrected chi connectivity index (χ1v) is 13.1. The van der Waals surface area contributed by atoms with Crippen LogP contribution in [0.3, 0.4) is 0 Å². The van der Waals surface area contributed by atoms with E-state index < -0.39 is 10.0 Å². The Morgan fingerprint density at radius 1 is 1.19 bits per heavy atom. The Labute approximate surface area is 193 Å². The van der Waals surface area contributed by atoms with Gasteiger partial charge in [0.25, 0.3) is 5.91 Å². The van der Waals surface area contributed by atoms with Crippen molar-refractivity contribution in [3.05, 3.63) is 23.8 Å². The van der Waals surface area contributed by atoms with Gasteiger partial charge in [-0.25, -0.2) is 13.1 Å². The van der Waals surface area contributed by atoms with E-state index >= 15 is 0 Å². The minimum Gasteiger partial charge on any atom is -0.495 e. The molecule has 1 aromatic rings. The normalized spacial score (nSPS) is 15.2. The fourth-order valence-electron chi connectivity index (χ4n) is 3.71. The lowest BCUT2D eigenvalue weighted by Crippen LogP contribution is -2.43. The number of nitrogens with one attached hydrogen (secondary N) is 1. The molecule has 0 atom stereocenters. The summed E-state index contributed by atoms with van der Waals surface area (Å²) >= 11 is 0. The van der Waals surface area contributed by atoms with E-state index in [2.05, 4.69) is 16.5 Å². The first-order valence-electron chi connectivity index (χ1n) is 11.6. The van der Waals surface area contributed by atoms with Crippen molar-refractivity contribution >= 4 is 15.9 Å². The maximum atomic E-state index is 13.4. The smallest absolute Gasteiger partial charge is 0.253 e. The van der Waals surface area contributed by atoms with Gasteiger partial charge in [0.2, 0.25) is 10.0 Å². The predicted molar refractivity (Wildman–Crippen MR) is 126 cm³/mol. The first kappa shape index (κ1) is 26.6. The van der Waals surface area contributed by atoms with E-state index in [1.54, 1.807) is 26.0 Å². The van der Waals surface area contributed by atoms with E-state index in [-0.39, 0.29) is 22.6 Å². The van der Waals surface area contributed by atoms with E-state index in [1.165, 1.54) is 13.2 Å². The van der Waals surface area contributed by atoms with E-state index in [4.69, 9.17) is 9.47 Å². The summed E-state index contributed by atoms with van der Waals surface area (Å²) in [6.07, 6.45) is 4.26. The zero-order chi connectivity index (χ0) is 23.6. The minimum atomic E-state index is -3.81. The lowest BCUT2D eigenvalue weighted by molar-refractivity contribution is 0.0324. The third kappa shape index (κ3) is 8.03. The summed E-state index contributed by atoms with van der Waals surface area (Å²) in [7, 11) is -2.38. The number of nitrogens with zero attached hydrogens (tertiary/aromatic N) is 2. The van der Waals surface area contributed by atoms with Gasteiger partial charge in [0, 0.05) is 44.3 Å². The van der Waals surface area contributed by atoms with Crippen LogP contribution in [0.4, 0.5) is 0 Å². The van der Waals surface area contributed by atoms with Crippen molar-refractivity contribution in [2.24, 2.45) is 0 Å². The van der Waals surface area contributed by atoms with Crippen molar-refractivity contribution in [3.63, 3.8) is 0 Å². The van der Waals surface area contributed by atoms with Gasteiger partial charge in [0.05, 0.1) is 20.3 Å². The van der Waals surface area contributed by atoms with Crippen molar-refractivity contribution in [1.29, 1.82) is 0 Å². The number of amides is 1. The maximum Gasteiger partial charge on any atom is 0.253 e. The van der Waals surface area contributed by atoms with Gasteiger partial charge in [0.15, 0.2) is 0 Å². The average molecular weight is 470 g/mol. The van der Waals surface area contributed by atoms with E-state index in [1.807, 2.05) is 4.90 Å². The number of carbonyl (C=O) groups excluding carboxylic acids is 1. The number of rotatable bonds is 13. The molecule has 1 N–H and O–H groups in total. The fourth-order valence-corrected chi connectivity index (χ4v) is 5.15. The second-order valence-electron chi connectivity index (χ2n) is 8.45. The Morgan fingerprint density at radius 3 is 2.53 bits per heavy atom. The number of methoxy groups -OCH3 is 1. The summed E-state index contributed by atoms with van der Waals surface area (Å²) in [5.41, 5.74) is 0.354. The molecule has 0 radical (unpaired) electrons. The molecule has 1 heterocycles. The number of ether oxygens (including phenoxy) is 2. The van der Waals surface area contributed by atoms with Crippen molar-refractivity contribution in [2.75, 3.05) is 53.0 Å². The molecule has 2 rings (SSSR count). The molecule has 0 aromatic heterocycles. The lowest BCUT2D eigenvalue weighted by Gasteiger charge is -2.30. The first-order chi connectivity index (χ1) is 15.3. The molecular formula is C23H39N3O5S. The summed E-state index contributed by atoms with van der Waals surface area (Å²) in [6.45, 7) is 10.9. The van der Waals surface area contributed by atoms with Crippen LogP contribution in [0.25, 0.3) is 0 Å². The van der Waals surface area contributed by atoms with Crippen LogP contribution in [0.5, 0.6) is 5.75 Å². The van der Waals surface area contributed by atoms with Crippen LogP contribution in [-0.2, 0) is 14.8 Å². The number of benzene rings is 1. The number of carbonyl (C=O) groups is 1. The molecule has 0 unspecified atom stereocenters. The number of hydrogen-bond acceptors (Lipinski definition) is 6. The largest absolute Gasteiger partial charge is 0.495 e. The van der Waals surface area contributed by atoms with Crippen LogP contribution in [0, 0.1) is 0 Å². The molecule has 32 heavy (non-hydrogen) atoms. The topological polar surface area (TPSA) is 88.2 Å². The summed E-state index contributed by atoms with van der Waals surface area (Å²) in [6, 6.07) is 4.36. The molecule has 0 bridgehead atoms. The van der Waals surface area contributed by atoms with E-state index in [0.717, 1.165) is 45.3 Å². The lowest BCUT2D eigenvalue weighted by atomic mass is 10.1. The van der Waals surface area contributed by atoms with Gasteiger partial charge in [-0.1, -0.05) is 26.2 Å². The van der Waals surface area contributed by atoms with Gasteiger partial charge in [-0.15, -0.1) is 0 Å². The predicted octanol–water partition coefficient (Wildman–Crippen LogP) is 2.74. The third-order valence-corrected chi connectivity index (χ3v) is 7.13. The molecule has 9 heteroatoms. The second-order valence-corrected chi connectivity index (χ2v) is 10.1. The Morgan fingerprint density at radius 2 is 1.91 bits per heavy atom. The maximum absolute atomic E-state index is 13.4. The molecule has 0 aliphatic carbocycles. The minimum absolute atomic E-state index is 0.0151. The molecule has 1 fully saturated rings. The molecule has 0 spiro atoms. The molecule has 1 amide bonds. The SMILES string of the molecule is CCCCCCN(CCN1CCOCC1)C(=O)c1ccc(OC)c(S(=O)(=O)NC(C)C)c1. The highest BCUT2D eigenvalue weighted by Gasteiger charge is 2.24. The Balaban J connectivity index is 2.22. The third-order valence-electron chi connectivity index (χ3n) is 5.45. The van der Waals surface area contributed by atoms with Crippen molar-refractivity contribution in [3.8, 4) is 5.75 Å². The molecule has 1 aromatic carbocycles.